The molecule has 0 heterocycles. The van der Waals surface area contributed by atoms with Crippen LogP contribution < -0.4 is 5.73 Å². The van der Waals surface area contributed by atoms with Gasteiger partial charge in [0.2, 0.25) is 0 Å². The van der Waals surface area contributed by atoms with Crippen LogP contribution in [0.2, 0.25) is 0 Å². The first-order valence-electron chi connectivity index (χ1n) is 1.31. The average Bonchev–Trinajstić information content (AvgIpc) is 1.31. The van der Waals surface area contributed by atoms with Crippen molar-refractivity contribution in [2.24, 2.45) is 5.73 Å². The SMILES string of the molecule is Cl.NC(=O)C(Cl)(Cl)Cl. The van der Waals surface area contributed by atoms with Gasteiger partial charge in [-0.3, -0.25) is 4.79 Å². The number of alkyl halides is 3. The van der Waals surface area contributed by atoms with Crippen LogP contribution in [0.3, 0.4) is 0 Å². The highest BCUT2D eigenvalue weighted by Gasteiger charge is 2.26. The van der Waals surface area contributed by atoms with E-state index in [1.807, 2.05) is 0 Å². The first-order chi connectivity index (χ1) is 2.94. The Kier molecular flexibility index (Phi) is 5.17. The molecule has 0 aromatic rings. The van der Waals surface area contributed by atoms with Crippen LogP contribution in [0.25, 0.3) is 0 Å². The summed E-state index contributed by atoms with van der Waals surface area (Å²) in [5, 5.41) is 0. The zero-order chi connectivity index (χ0) is 6.08. The minimum absolute atomic E-state index is 0. The molecule has 8 heavy (non-hydrogen) atoms. The highest BCUT2D eigenvalue weighted by molar-refractivity contribution is 6.76. The van der Waals surface area contributed by atoms with Crippen molar-refractivity contribution in [3.63, 3.8) is 0 Å². The molecule has 6 heteroatoms. The van der Waals surface area contributed by atoms with Crippen LogP contribution in [0.1, 0.15) is 0 Å². The van der Waals surface area contributed by atoms with E-state index in [4.69, 9.17) is 34.8 Å². The van der Waals surface area contributed by atoms with E-state index in [2.05, 4.69) is 5.73 Å². The van der Waals surface area contributed by atoms with Crippen molar-refractivity contribution in [3.8, 4) is 0 Å². The molecular weight excluding hydrogens is 196 g/mol. The van der Waals surface area contributed by atoms with Gasteiger partial charge in [0.25, 0.3) is 9.70 Å². The lowest BCUT2D eigenvalue weighted by Crippen LogP contribution is -2.27. The molecule has 0 unspecified atom stereocenters. The number of nitrogens with two attached hydrogens (primary N) is 1. The first kappa shape index (κ1) is 11.4. The second kappa shape index (κ2) is 3.62. The zero-order valence-electron chi connectivity index (χ0n) is 3.53. The zero-order valence-corrected chi connectivity index (χ0v) is 6.61. The summed E-state index contributed by atoms with van der Waals surface area (Å²) in [6.07, 6.45) is 0. The van der Waals surface area contributed by atoms with E-state index < -0.39 is 9.70 Å². The quantitative estimate of drug-likeness (QED) is 0.586. The number of hydrogen-bond donors (Lipinski definition) is 1. The molecule has 0 bridgehead atoms. The van der Waals surface area contributed by atoms with Gasteiger partial charge in [0.1, 0.15) is 0 Å². The molecule has 1 amide bonds. The Morgan fingerprint density at radius 2 is 1.50 bits per heavy atom. The molecule has 0 aliphatic heterocycles. The second-order valence-electron chi connectivity index (χ2n) is 0.862. The third kappa shape index (κ3) is 4.78. The average molecular weight is 199 g/mol. The summed E-state index contributed by atoms with van der Waals surface area (Å²) in [5.41, 5.74) is 4.53. The Balaban J connectivity index is 0. The van der Waals surface area contributed by atoms with Gasteiger partial charge >= 0.3 is 0 Å². The number of halogens is 4. The Morgan fingerprint density at radius 3 is 1.50 bits per heavy atom. The van der Waals surface area contributed by atoms with Crippen molar-refractivity contribution in [1.29, 1.82) is 0 Å². The molecule has 0 fully saturated rings. The largest absolute Gasteiger partial charge is 0.366 e. The molecule has 50 valence electrons. The molecule has 0 atom stereocenters. The minimum Gasteiger partial charge on any atom is -0.366 e. The number of hydrogen-bond acceptors (Lipinski definition) is 1. The Hall–Kier alpha value is 0.630. The van der Waals surface area contributed by atoms with Gasteiger partial charge in [-0.2, -0.15) is 0 Å². The van der Waals surface area contributed by atoms with Gasteiger partial charge in [-0.15, -0.1) is 12.4 Å². The molecule has 0 saturated heterocycles. The van der Waals surface area contributed by atoms with E-state index >= 15 is 0 Å². The van der Waals surface area contributed by atoms with Crippen LogP contribution in [-0.2, 0) is 4.79 Å². The van der Waals surface area contributed by atoms with E-state index in [1.165, 1.54) is 0 Å². The number of primary amides is 1. The molecule has 2 N–H and O–H groups in total. The molecule has 0 spiro atoms. The molecular formula is C2H3Cl4NO. The van der Waals surface area contributed by atoms with Gasteiger partial charge < -0.3 is 5.73 Å². The Morgan fingerprint density at radius 1 is 1.38 bits per heavy atom. The van der Waals surface area contributed by atoms with E-state index in [0.29, 0.717) is 0 Å². The van der Waals surface area contributed by atoms with Crippen molar-refractivity contribution >= 4 is 53.1 Å². The van der Waals surface area contributed by atoms with Crippen molar-refractivity contribution in [3.05, 3.63) is 0 Å². The summed E-state index contributed by atoms with van der Waals surface area (Å²) < 4.78 is -1.94. The van der Waals surface area contributed by atoms with Gasteiger partial charge in [0.05, 0.1) is 0 Å². The van der Waals surface area contributed by atoms with Crippen molar-refractivity contribution in [2.45, 2.75) is 3.79 Å². The molecule has 0 saturated carbocycles. The fraction of sp³-hybridized carbons (Fsp3) is 0.500. The van der Waals surface area contributed by atoms with Crippen LogP contribution >= 0.6 is 47.2 Å². The molecule has 0 aromatic carbocycles. The van der Waals surface area contributed by atoms with E-state index in [-0.39, 0.29) is 12.4 Å². The second-order valence-corrected chi connectivity index (χ2v) is 3.14. The normalized spacial score (nSPS) is 9.88. The molecule has 2 nitrogen and oxygen atoms in total. The van der Waals surface area contributed by atoms with Crippen LogP contribution in [0, 0.1) is 0 Å². The maximum Gasteiger partial charge on any atom is 0.269 e. The van der Waals surface area contributed by atoms with Gasteiger partial charge in [-0.05, 0) is 0 Å². The van der Waals surface area contributed by atoms with Crippen molar-refractivity contribution < 1.29 is 4.79 Å². The van der Waals surface area contributed by atoms with Gasteiger partial charge in [-0.1, -0.05) is 34.8 Å². The van der Waals surface area contributed by atoms with Crippen molar-refractivity contribution in [2.75, 3.05) is 0 Å². The fourth-order valence-electron chi connectivity index (χ4n) is 0. The molecule has 0 rings (SSSR count). The third-order valence-electron chi connectivity index (χ3n) is 0.279. The molecule has 0 radical (unpaired) electrons. The summed E-state index contributed by atoms with van der Waals surface area (Å²) in [6, 6.07) is 0. The van der Waals surface area contributed by atoms with Gasteiger partial charge in [-0.25, -0.2) is 0 Å². The van der Waals surface area contributed by atoms with E-state index in [9.17, 15) is 4.79 Å². The maximum absolute atomic E-state index is 9.85. The number of carbonyl (C=O) groups is 1. The van der Waals surface area contributed by atoms with Gasteiger partial charge in [0, 0.05) is 0 Å². The lowest BCUT2D eigenvalue weighted by Gasteiger charge is -2.01. The monoisotopic (exact) mass is 197 g/mol. The summed E-state index contributed by atoms with van der Waals surface area (Å²) in [7, 11) is 0. The highest BCUT2D eigenvalue weighted by atomic mass is 35.6. The van der Waals surface area contributed by atoms with Gasteiger partial charge in [0.15, 0.2) is 0 Å². The van der Waals surface area contributed by atoms with Crippen LogP contribution in [0.5, 0.6) is 0 Å². The van der Waals surface area contributed by atoms with E-state index in [1.54, 1.807) is 0 Å². The minimum atomic E-state index is -1.94. The molecule has 0 aliphatic rings. The lowest BCUT2D eigenvalue weighted by atomic mass is 10.7. The summed E-state index contributed by atoms with van der Waals surface area (Å²) in [4.78, 5) is 9.85. The summed E-state index contributed by atoms with van der Waals surface area (Å²) >= 11 is 14.8. The predicted molar refractivity (Wildman–Crippen MR) is 36.7 cm³/mol. The number of carbonyl (C=O) groups excluding carboxylic acids is 1. The fourth-order valence-corrected chi connectivity index (χ4v) is 0. The number of rotatable bonds is 0. The summed E-state index contributed by atoms with van der Waals surface area (Å²) in [5.74, 6) is -0.961. The lowest BCUT2D eigenvalue weighted by molar-refractivity contribution is -0.117. The number of amides is 1. The van der Waals surface area contributed by atoms with E-state index in [0.717, 1.165) is 0 Å². The smallest absolute Gasteiger partial charge is 0.269 e. The Bertz CT molecular complexity index is 86.5. The maximum atomic E-state index is 9.85. The molecule has 0 aromatic heterocycles. The predicted octanol–water partition coefficient (Wildman–Crippen LogP) is 1.26. The standard InChI is InChI=1S/C2H2Cl3NO.ClH/c3-2(4,5)1(6)7;/h(H2,6,7);1H. The highest BCUT2D eigenvalue weighted by Crippen LogP contribution is 2.24. The van der Waals surface area contributed by atoms with Crippen LogP contribution in [-0.4, -0.2) is 9.70 Å². The first-order valence-corrected chi connectivity index (χ1v) is 2.44. The van der Waals surface area contributed by atoms with Crippen LogP contribution in [0.4, 0.5) is 0 Å². The molecule has 0 aliphatic carbocycles. The topological polar surface area (TPSA) is 43.1 Å². The third-order valence-corrected chi connectivity index (χ3v) is 0.838. The summed E-state index contributed by atoms with van der Waals surface area (Å²) in [6.45, 7) is 0. The van der Waals surface area contributed by atoms with Crippen molar-refractivity contribution in [1.82, 2.24) is 0 Å². The van der Waals surface area contributed by atoms with Crippen LogP contribution in [0.15, 0.2) is 0 Å². The Labute approximate surface area is 67.7 Å².